The van der Waals surface area contributed by atoms with E-state index in [-0.39, 0.29) is 6.10 Å². The van der Waals surface area contributed by atoms with Gasteiger partial charge in [0.05, 0.1) is 6.10 Å². The van der Waals surface area contributed by atoms with Gasteiger partial charge in [-0.25, -0.2) is 0 Å². The molecule has 2 saturated heterocycles. The molecule has 2 aliphatic heterocycles. The minimum absolute atomic E-state index is 0.0568. The lowest BCUT2D eigenvalue weighted by atomic mass is 10.1. The van der Waals surface area contributed by atoms with Crippen LogP contribution in [0.5, 0.6) is 0 Å². The number of hydrogen-bond acceptors (Lipinski definition) is 3. The first kappa shape index (κ1) is 19.9. The second kappa shape index (κ2) is 12.6. The van der Waals surface area contributed by atoms with E-state index in [1.54, 1.807) is 0 Å². The first-order chi connectivity index (χ1) is 9.63. The van der Waals surface area contributed by atoms with Gasteiger partial charge in [-0.2, -0.15) is 0 Å². The zero-order chi connectivity index (χ0) is 15.4. The Bertz CT molecular complexity index is 203. The topological polar surface area (TPSA) is 26.7 Å². The molecule has 0 aliphatic carbocycles. The van der Waals surface area contributed by atoms with Crippen LogP contribution in [0.3, 0.4) is 0 Å². The summed E-state index contributed by atoms with van der Waals surface area (Å²) in [6.45, 7) is 16.5. The third-order valence-electron chi connectivity index (χ3n) is 4.05. The maximum Gasteiger partial charge on any atom is 0.0667 e. The van der Waals surface area contributed by atoms with Crippen molar-refractivity contribution in [2.24, 2.45) is 0 Å². The van der Waals surface area contributed by atoms with Crippen molar-refractivity contribution < 1.29 is 5.11 Å². The van der Waals surface area contributed by atoms with Crippen LogP contribution in [0.2, 0.25) is 0 Å². The predicted octanol–water partition coefficient (Wildman–Crippen LogP) is 3.37. The van der Waals surface area contributed by atoms with Crippen LogP contribution >= 0.6 is 0 Å². The molecule has 2 heterocycles. The zero-order valence-electron chi connectivity index (χ0n) is 14.6. The lowest BCUT2D eigenvalue weighted by Crippen LogP contribution is -2.37. The summed E-state index contributed by atoms with van der Waals surface area (Å²) in [5.41, 5.74) is 0. The van der Waals surface area contributed by atoms with Gasteiger partial charge in [-0.1, -0.05) is 27.2 Å². The summed E-state index contributed by atoms with van der Waals surface area (Å²) in [6.07, 6.45) is 6.38. The fourth-order valence-corrected chi connectivity index (χ4v) is 2.75. The fraction of sp³-hybridized carbons (Fsp3) is 1.00. The number of hydrogen-bond donors (Lipinski definition) is 1. The number of β-amino-alcohol motifs (C(OH)–C–C–N with tert-alkyl or cyclic N) is 1. The number of nitrogens with zero attached hydrogens (tertiary/aromatic N) is 2. The normalized spacial score (nSPS) is 24.4. The molecule has 3 nitrogen and oxygen atoms in total. The van der Waals surface area contributed by atoms with Crippen LogP contribution in [-0.2, 0) is 0 Å². The van der Waals surface area contributed by atoms with E-state index in [0.717, 1.165) is 32.0 Å². The van der Waals surface area contributed by atoms with Crippen molar-refractivity contribution in [1.29, 1.82) is 0 Å². The number of aliphatic hydroxyl groups is 1. The molecule has 1 atom stereocenters. The number of rotatable bonds is 2. The van der Waals surface area contributed by atoms with E-state index in [9.17, 15) is 0 Å². The number of aliphatic hydroxyl groups excluding tert-OH is 1. The predicted molar refractivity (Wildman–Crippen MR) is 89.3 cm³/mol. The monoisotopic (exact) mass is 286 g/mol. The molecule has 0 bridgehead atoms. The third kappa shape index (κ3) is 8.93. The van der Waals surface area contributed by atoms with Gasteiger partial charge in [0.25, 0.3) is 0 Å². The molecule has 2 rings (SSSR count). The summed E-state index contributed by atoms with van der Waals surface area (Å²) in [6, 6.07) is 0.769. The molecule has 1 unspecified atom stereocenters. The molecular weight excluding hydrogens is 248 g/mol. The van der Waals surface area contributed by atoms with Gasteiger partial charge in [0.2, 0.25) is 0 Å². The van der Waals surface area contributed by atoms with Crippen LogP contribution in [0.15, 0.2) is 0 Å². The van der Waals surface area contributed by atoms with Crippen LogP contribution in [0.4, 0.5) is 0 Å². The van der Waals surface area contributed by atoms with Crippen LogP contribution < -0.4 is 0 Å². The van der Waals surface area contributed by atoms with Crippen molar-refractivity contribution in [1.82, 2.24) is 9.80 Å². The van der Waals surface area contributed by atoms with Gasteiger partial charge in [-0.15, -0.1) is 0 Å². The second-order valence-corrected chi connectivity index (χ2v) is 5.88. The molecule has 0 amide bonds. The first-order valence-corrected chi connectivity index (χ1v) is 8.78. The minimum Gasteiger partial charge on any atom is -0.392 e. The first-order valence-electron chi connectivity index (χ1n) is 8.78. The maximum absolute atomic E-state index is 9.17. The standard InChI is InChI=1S/C8H17N.C7H15NO.C2H6/c1-8(2)9-6-4-3-5-7-9;1-2-8-5-3-4-7(9)6-8;1-2/h8H,3-7H2,1-2H3;7,9H,2-6H2,1H3;1-2H3. The van der Waals surface area contributed by atoms with E-state index < -0.39 is 0 Å². The highest BCUT2D eigenvalue weighted by atomic mass is 16.3. The summed E-state index contributed by atoms with van der Waals surface area (Å²) in [7, 11) is 0. The molecular formula is C17H38N2O. The van der Waals surface area contributed by atoms with Crippen LogP contribution in [0, 0.1) is 0 Å². The molecule has 0 aromatic carbocycles. The number of likely N-dealkylation sites (tertiary alicyclic amines) is 2. The van der Waals surface area contributed by atoms with Crippen molar-refractivity contribution in [3.05, 3.63) is 0 Å². The minimum atomic E-state index is -0.0568. The summed E-state index contributed by atoms with van der Waals surface area (Å²) in [5.74, 6) is 0. The van der Waals surface area contributed by atoms with Gasteiger partial charge in [-0.3, -0.25) is 0 Å². The average Bonchev–Trinajstić information content (AvgIpc) is 2.51. The lowest BCUT2D eigenvalue weighted by Gasteiger charge is -2.29. The molecule has 0 saturated carbocycles. The Hall–Kier alpha value is -0.120. The number of likely N-dealkylation sites (N-methyl/N-ethyl adjacent to an activating group) is 1. The molecule has 20 heavy (non-hydrogen) atoms. The van der Waals surface area contributed by atoms with Crippen molar-refractivity contribution in [3.8, 4) is 0 Å². The molecule has 2 aliphatic rings. The van der Waals surface area contributed by atoms with Crippen molar-refractivity contribution in [3.63, 3.8) is 0 Å². The second-order valence-electron chi connectivity index (χ2n) is 5.88. The van der Waals surface area contributed by atoms with Gasteiger partial charge < -0.3 is 14.9 Å². The SMILES string of the molecule is CC.CC(C)N1CCCCC1.CCN1CCCC(O)C1. The maximum atomic E-state index is 9.17. The molecule has 3 heteroatoms. The van der Waals surface area contributed by atoms with Gasteiger partial charge in [0.15, 0.2) is 0 Å². The number of piperidine rings is 2. The molecule has 0 aromatic heterocycles. The largest absolute Gasteiger partial charge is 0.392 e. The summed E-state index contributed by atoms with van der Waals surface area (Å²) < 4.78 is 0. The van der Waals surface area contributed by atoms with E-state index in [0.29, 0.717) is 0 Å². The average molecular weight is 287 g/mol. The summed E-state index contributed by atoms with van der Waals surface area (Å²) >= 11 is 0. The van der Waals surface area contributed by atoms with Gasteiger partial charge >= 0.3 is 0 Å². The molecule has 0 spiro atoms. The highest BCUT2D eigenvalue weighted by Gasteiger charge is 2.15. The van der Waals surface area contributed by atoms with E-state index >= 15 is 0 Å². The molecule has 122 valence electrons. The smallest absolute Gasteiger partial charge is 0.0667 e. The van der Waals surface area contributed by atoms with Crippen molar-refractivity contribution in [2.75, 3.05) is 32.7 Å². The van der Waals surface area contributed by atoms with Crippen molar-refractivity contribution >= 4 is 0 Å². The van der Waals surface area contributed by atoms with E-state index in [4.69, 9.17) is 5.11 Å². The van der Waals surface area contributed by atoms with Gasteiger partial charge in [-0.05, 0) is 65.7 Å². The van der Waals surface area contributed by atoms with Crippen LogP contribution in [-0.4, -0.2) is 59.8 Å². The van der Waals surface area contributed by atoms with E-state index in [1.165, 1.54) is 38.9 Å². The van der Waals surface area contributed by atoms with E-state index in [2.05, 4.69) is 30.6 Å². The lowest BCUT2D eigenvalue weighted by molar-refractivity contribution is 0.0737. The zero-order valence-corrected chi connectivity index (χ0v) is 14.6. The summed E-state index contributed by atoms with van der Waals surface area (Å²) in [5, 5.41) is 9.17. The van der Waals surface area contributed by atoms with Crippen LogP contribution in [0.1, 0.15) is 66.7 Å². The van der Waals surface area contributed by atoms with Gasteiger partial charge in [0.1, 0.15) is 0 Å². The molecule has 0 radical (unpaired) electrons. The molecule has 2 fully saturated rings. The van der Waals surface area contributed by atoms with E-state index in [1.807, 2.05) is 13.8 Å². The van der Waals surface area contributed by atoms with Crippen molar-refractivity contribution in [2.45, 2.75) is 78.9 Å². The quantitative estimate of drug-likeness (QED) is 0.843. The van der Waals surface area contributed by atoms with Crippen LogP contribution in [0.25, 0.3) is 0 Å². The van der Waals surface area contributed by atoms with Gasteiger partial charge in [0, 0.05) is 12.6 Å². The Balaban J connectivity index is 0.000000321. The Morgan fingerprint density at radius 1 is 1.00 bits per heavy atom. The Morgan fingerprint density at radius 3 is 1.95 bits per heavy atom. The fourth-order valence-electron chi connectivity index (χ4n) is 2.75. The Labute approximate surface area is 127 Å². The Kier molecular flexibility index (Phi) is 12.5. The highest BCUT2D eigenvalue weighted by Crippen LogP contribution is 2.10. The molecule has 0 aromatic rings. The summed E-state index contributed by atoms with van der Waals surface area (Å²) in [4.78, 5) is 4.84. The third-order valence-corrected chi connectivity index (χ3v) is 4.05. The highest BCUT2D eigenvalue weighted by molar-refractivity contribution is 4.70. The Morgan fingerprint density at radius 2 is 1.60 bits per heavy atom. The molecule has 1 N–H and O–H groups in total.